The summed E-state index contributed by atoms with van der Waals surface area (Å²) in [5.74, 6) is -2.19. The lowest BCUT2D eigenvalue weighted by Gasteiger charge is -2.28. The van der Waals surface area contributed by atoms with E-state index in [4.69, 9.17) is 61.6 Å². The second-order valence-corrected chi connectivity index (χ2v) is 35.9. The van der Waals surface area contributed by atoms with Crippen LogP contribution in [0.2, 0.25) is 19.6 Å². The number of unbranched alkanes of at least 4 members (excludes halogenated alkanes) is 4. The van der Waals surface area contributed by atoms with Gasteiger partial charge in [-0.2, -0.15) is 27.9 Å². The maximum absolute atomic E-state index is 13.1. The first kappa shape index (κ1) is 104. The molecule has 0 spiro atoms. The van der Waals surface area contributed by atoms with Crippen molar-refractivity contribution in [3.8, 4) is 23.0 Å². The Morgan fingerprint density at radius 2 is 0.860 bits per heavy atom. The number of benzene rings is 4. The molecule has 107 heavy (non-hydrogen) atoms. The third-order valence-electron chi connectivity index (χ3n) is 16.0. The van der Waals surface area contributed by atoms with Gasteiger partial charge in [0.1, 0.15) is 30.4 Å². The monoisotopic (exact) mass is 1630 g/mol. The number of carbonyl (C=O) groups excluding carboxylic acids is 6. The van der Waals surface area contributed by atoms with Gasteiger partial charge in [0.25, 0.3) is 23.6 Å². The molecule has 2 aliphatic carbocycles. The topological polar surface area (TPSA) is 265 Å². The first-order chi connectivity index (χ1) is 50.0. The fourth-order valence-electron chi connectivity index (χ4n) is 11.2. The highest BCUT2D eigenvalue weighted by atomic mass is 35.6. The molecule has 2 heterocycles. The number of halogens is 8. The number of hydrogen-bond acceptors (Lipinski definition) is 19. The van der Waals surface area contributed by atoms with Gasteiger partial charge in [0.2, 0.25) is 0 Å². The minimum Gasteiger partial charge on any atom is -0.493 e. The van der Waals surface area contributed by atoms with Crippen molar-refractivity contribution >= 4 is 135 Å². The van der Waals surface area contributed by atoms with E-state index < -0.39 is 77.4 Å². The molecule has 2 saturated carbocycles. The number of esters is 2. The summed E-state index contributed by atoms with van der Waals surface area (Å²) in [5, 5.41) is 12.1. The predicted molar refractivity (Wildman–Crippen MR) is 417 cm³/mol. The van der Waals surface area contributed by atoms with Crippen LogP contribution in [-0.4, -0.2) is 172 Å². The largest absolute Gasteiger partial charge is 0.493 e. The van der Waals surface area contributed by atoms with Crippen LogP contribution in [0.5, 0.6) is 23.0 Å². The molecular formula is C73H113B2Cl3F5N3O18S2Si. The van der Waals surface area contributed by atoms with Crippen LogP contribution < -0.4 is 18.9 Å². The summed E-state index contributed by atoms with van der Waals surface area (Å²) in [4.78, 5) is 73.9. The van der Waals surface area contributed by atoms with Crippen LogP contribution in [0, 0.1) is 11.8 Å². The van der Waals surface area contributed by atoms with Crippen LogP contribution in [0.15, 0.2) is 48.5 Å². The third-order valence-corrected chi connectivity index (χ3v) is 16.3. The minimum absolute atomic E-state index is 0. The number of hydroxylamine groups is 4. The van der Waals surface area contributed by atoms with E-state index in [1.807, 2.05) is 20.8 Å². The van der Waals surface area contributed by atoms with Crippen molar-refractivity contribution in [2.45, 2.75) is 230 Å². The van der Waals surface area contributed by atoms with Crippen molar-refractivity contribution < 1.29 is 104 Å². The Labute approximate surface area is 650 Å². The average molecular weight is 1640 g/mol. The van der Waals surface area contributed by atoms with Crippen molar-refractivity contribution in [2.24, 2.45) is 11.8 Å². The molecule has 606 valence electrons. The summed E-state index contributed by atoms with van der Waals surface area (Å²) in [5.41, 5.74) is 0.368. The van der Waals surface area contributed by atoms with Crippen LogP contribution >= 0.6 is 34.3 Å². The second kappa shape index (κ2) is 56.6. The summed E-state index contributed by atoms with van der Waals surface area (Å²) >= 11 is 15.2. The highest BCUT2D eigenvalue weighted by Crippen LogP contribution is 2.42. The summed E-state index contributed by atoms with van der Waals surface area (Å²) in [7, 11) is -4.40. The lowest BCUT2D eigenvalue weighted by Crippen LogP contribution is -2.41. The molecule has 0 saturated heterocycles. The molecule has 0 unspecified atom stereocenters. The Bertz CT molecular complexity index is 3450. The summed E-state index contributed by atoms with van der Waals surface area (Å²) < 4.78 is 131. The molecule has 4 amide bonds. The van der Waals surface area contributed by atoms with Gasteiger partial charge in [-0.25, -0.2) is 18.4 Å². The van der Waals surface area contributed by atoms with Crippen molar-refractivity contribution in [3.05, 3.63) is 70.8 Å². The standard InChI is InChI=1S/C20H22FNO7S.C20H23NO5.2C10H17FO2.C8H19N.C3H9ClSi.CH2Cl2.CH4.B2.F2O2S/c1-3-5-11-27-15-9-8-14-17-13(15)7-10-16(28-12-6-4-2)18(17)20(24)22(19(14)23)29-30(21,25)26;1-3-5-11-25-15-9-8-14-17-13(15)7-10-16(26-12-6-4-2)18(17)20(23)21(24)19(14)22;2*11-8-10(12)13-7-6-9-4-2-1-3-5-9;1-6-9(7(2)3)8(4)5;1-5(2,3)4;2-1-3;;1-2;1-5(2,3)4/h7-10H,3-6,11-12H2,1-2H3;7-10,24H,3-6,11-12H2,1-2H3;2*9H,1-8H2;7-8H,6H2,1-5H3;1-3H3;1H2;1H4;;. The van der Waals surface area contributed by atoms with Crippen molar-refractivity contribution in [2.75, 3.05) is 64.9 Å². The maximum Gasteiger partial charge on any atom is 0.476 e. The number of imide groups is 2. The lowest BCUT2D eigenvalue weighted by molar-refractivity contribution is -0.145. The van der Waals surface area contributed by atoms with Gasteiger partial charge in [-0.1, -0.05) is 163 Å². The second-order valence-electron chi connectivity index (χ2n) is 25.9. The molecule has 0 aromatic heterocycles. The number of rotatable bonds is 29. The van der Waals surface area contributed by atoms with Crippen molar-refractivity contribution in [3.63, 3.8) is 0 Å². The van der Waals surface area contributed by atoms with Gasteiger partial charge in [0.15, 0.2) is 13.3 Å². The number of nitrogens with zero attached hydrogens (tertiary/aromatic N) is 3. The minimum atomic E-state index is -5.67. The van der Waals surface area contributed by atoms with E-state index >= 15 is 0 Å². The molecule has 4 aliphatic rings. The van der Waals surface area contributed by atoms with Gasteiger partial charge < -0.3 is 28.4 Å². The summed E-state index contributed by atoms with van der Waals surface area (Å²) in [6, 6.07) is 14.3. The van der Waals surface area contributed by atoms with E-state index in [2.05, 4.69) is 95.3 Å². The SMILES string of the molecule is C.CCCCOc1ccc2c(OCCCC)ccc3c2c1C(=O)N(O)C3=O.CCCCOc1ccc2c(OCCCC)ccc3c2c1C(=O)N(OS(=O)(=O)F)C3=O.CCN(C(C)C)C(C)C.C[Si](C)(C)Cl.ClCCl.O=C(CF)OCCC1CCCCC1.O=C(CF)OCCC1CCCCC1.O=S(=O)(F)F.[B][B]. The number of alkyl halides is 4. The Balaban J connectivity index is 0. The van der Waals surface area contributed by atoms with Gasteiger partial charge in [-0.15, -0.1) is 37.6 Å². The maximum atomic E-state index is 13.1. The van der Waals surface area contributed by atoms with Crippen LogP contribution in [0.25, 0.3) is 21.5 Å². The van der Waals surface area contributed by atoms with Crippen LogP contribution in [0.4, 0.5) is 20.4 Å². The summed E-state index contributed by atoms with van der Waals surface area (Å²) in [6.45, 7) is 27.3. The highest BCUT2D eigenvalue weighted by molar-refractivity contribution is 7.81. The lowest BCUT2D eigenvalue weighted by atomic mass is 9.81. The zero-order chi connectivity index (χ0) is 80.8. The zero-order valence-corrected chi connectivity index (χ0v) is 68.3. The Hall–Kier alpha value is -5.53. The molecular weight excluding hydrogens is 1520 g/mol. The van der Waals surface area contributed by atoms with E-state index in [0.717, 1.165) is 70.8 Å². The Morgan fingerprint density at radius 1 is 0.551 bits per heavy atom. The predicted octanol–water partition coefficient (Wildman–Crippen LogP) is 18.7. The first-order valence-corrected chi connectivity index (χ1v) is 44.0. The van der Waals surface area contributed by atoms with Crippen molar-refractivity contribution in [1.82, 2.24) is 15.0 Å². The van der Waals surface area contributed by atoms with E-state index in [1.54, 1.807) is 42.5 Å². The molecule has 8 rings (SSSR count). The average Bonchev–Trinajstić information content (AvgIpc) is 0.739. The molecule has 0 bridgehead atoms. The summed E-state index contributed by atoms with van der Waals surface area (Å²) in [6.07, 6.45) is 21.7. The fraction of sp³-hybridized carbons (Fsp3) is 0.644. The molecule has 34 heteroatoms. The molecule has 1 N–H and O–H groups in total. The highest BCUT2D eigenvalue weighted by Gasteiger charge is 2.41. The Morgan fingerprint density at radius 3 is 1.15 bits per heavy atom. The van der Waals surface area contributed by atoms with Crippen LogP contribution in [0.1, 0.15) is 240 Å². The zero-order valence-electron chi connectivity index (χ0n) is 63.4. The van der Waals surface area contributed by atoms with Crippen LogP contribution in [-0.2, 0) is 44.5 Å². The van der Waals surface area contributed by atoms with Gasteiger partial charge in [0, 0.05) is 49.1 Å². The van der Waals surface area contributed by atoms with E-state index in [0.29, 0.717) is 97.0 Å². The number of amides is 4. The molecule has 4 aromatic carbocycles. The first-order valence-electron chi connectivity index (χ1n) is 35.8. The molecule has 2 aliphatic heterocycles. The fourth-order valence-corrected chi connectivity index (χ4v) is 11.5. The van der Waals surface area contributed by atoms with E-state index in [1.165, 1.54) is 70.3 Å². The number of hydrogen-bond donors (Lipinski definition) is 1. The Kier molecular flexibility index (Phi) is 54.8. The van der Waals surface area contributed by atoms with Gasteiger partial charge in [0.05, 0.1) is 67.2 Å². The van der Waals surface area contributed by atoms with E-state index in [-0.39, 0.29) is 56.3 Å². The van der Waals surface area contributed by atoms with Crippen LogP contribution in [0.3, 0.4) is 0 Å². The molecule has 4 radical (unpaired) electrons. The molecule has 0 atom stereocenters. The van der Waals surface area contributed by atoms with E-state index in [9.17, 15) is 62.8 Å². The number of ether oxygens (including phenoxy) is 6. The van der Waals surface area contributed by atoms with Gasteiger partial charge >= 0.3 is 33.1 Å². The quantitative estimate of drug-likeness (QED) is 0.00609. The smallest absolute Gasteiger partial charge is 0.476 e. The van der Waals surface area contributed by atoms with Gasteiger partial charge in [-0.3, -0.25) is 29.3 Å². The molecule has 2 fully saturated rings. The third kappa shape index (κ3) is 41.4. The molecule has 21 nitrogen and oxygen atoms in total. The molecule has 4 aromatic rings. The number of carbonyl (C=O) groups is 6. The van der Waals surface area contributed by atoms with Crippen molar-refractivity contribution in [1.29, 1.82) is 0 Å². The van der Waals surface area contributed by atoms with Gasteiger partial charge in [-0.05, 0) is 133 Å². The normalized spacial score (nSPS) is 13.9.